The highest BCUT2D eigenvalue weighted by atomic mass is 15.2. The zero-order valence-electron chi connectivity index (χ0n) is 13.2. The monoisotopic (exact) mass is 295 g/mol. The van der Waals surface area contributed by atoms with Crippen LogP contribution in [0.4, 0.5) is 0 Å². The molecule has 1 aromatic carbocycles. The van der Waals surface area contributed by atoms with Gasteiger partial charge in [0.15, 0.2) is 0 Å². The Balaban J connectivity index is 1.33. The maximum Gasteiger partial charge on any atom is 0.0548 e. The molecule has 0 amide bonds. The van der Waals surface area contributed by atoms with Crippen LogP contribution >= 0.6 is 0 Å². The van der Waals surface area contributed by atoms with Gasteiger partial charge >= 0.3 is 0 Å². The minimum absolute atomic E-state index is 0.741. The molecule has 1 aliphatic carbocycles. The van der Waals surface area contributed by atoms with E-state index in [0.29, 0.717) is 0 Å². The van der Waals surface area contributed by atoms with E-state index in [0.717, 1.165) is 30.9 Å². The second-order valence-electron chi connectivity index (χ2n) is 6.77. The van der Waals surface area contributed by atoms with Crippen molar-refractivity contribution in [3.63, 3.8) is 0 Å². The zero-order valence-corrected chi connectivity index (χ0v) is 13.2. The van der Waals surface area contributed by atoms with Crippen molar-refractivity contribution in [2.24, 2.45) is 0 Å². The van der Waals surface area contributed by atoms with Gasteiger partial charge in [-0.1, -0.05) is 30.7 Å². The third-order valence-corrected chi connectivity index (χ3v) is 5.34. The maximum atomic E-state index is 4.58. The smallest absolute Gasteiger partial charge is 0.0548 e. The van der Waals surface area contributed by atoms with Crippen LogP contribution in [-0.4, -0.2) is 35.1 Å². The van der Waals surface area contributed by atoms with E-state index in [4.69, 9.17) is 0 Å². The van der Waals surface area contributed by atoms with Crippen molar-refractivity contribution in [2.45, 2.75) is 50.7 Å². The van der Waals surface area contributed by atoms with Crippen LogP contribution in [0.3, 0.4) is 0 Å². The Morgan fingerprint density at radius 3 is 2.77 bits per heavy atom. The fourth-order valence-electron chi connectivity index (χ4n) is 3.87. The first-order valence-corrected chi connectivity index (χ1v) is 8.70. The van der Waals surface area contributed by atoms with Gasteiger partial charge in [0.05, 0.1) is 5.69 Å². The molecule has 116 valence electrons. The standard InChI is InChI=1S/C19H25N3/c1-2-6-16-12-21-17(11-15(16)5-1)13-20-14-19-9-4-10-22(19)18-7-3-8-18/h1-2,5-6,11-12,18-20H,3-4,7-10,13-14H2/t19-/m0/s1. The maximum absolute atomic E-state index is 4.58. The molecule has 1 atom stereocenters. The molecule has 22 heavy (non-hydrogen) atoms. The van der Waals surface area contributed by atoms with Crippen molar-refractivity contribution in [1.29, 1.82) is 0 Å². The SMILES string of the molecule is c1ccc2cc(CNC[C@@H]3CCCN3C3CCC3)ncc2c1. The topological polar surface area (TPSA) is 28.2 Å². The lowest BCUT2D eigenvalue weighted by atomic mass is 9.91. The van der Waals surface area contributed by atoms with E-state index in [1.807, 2.05) is 6.20 Å². The van der Waals surface area contributed by atoms with E-state index >= 15 is 0 Å². The first-order chi connectivity index (χ1) is 10.9. The second-order valence-corrected chi connectivity index (χ2v) is 6.77. The number of pyridine rings is 1. The van der Waals surface area contributed by atoms with E-state index in [9.17, 15) is 0 Å². The minimum Gasteiger partial charge on any atom is -0.310 e. The Morgan fingerprint density at radius 2 is 1.95 bits per heavy atom. The van der Waals surface area contributed by atoms with Crippen molar-refractivity contribution >= 4 is 10.8 Å². The van der Waals surface area contributed by atoms with Gasteiger partial charge in [-0.3, -0.25) is 9.88 Å². The number of nitrogens with one attached hydrogen (secondary N) is 1. The van der Waals surface area contributed by atoms with E-state index < -0.39 is 0 Å². The summed E-state index contributed by atoms with van der Waals surface area (Å²) >= 11 is 0. The molecular weight excluding hydrogens is 270 g/mol. The van der Waals surface area contributed by atoms with Crippen LogP contribution in [0.25, 0.3) is 10.8 Å². The van der Waals surface area contributed by atoms with Gasteiger partial charge in [0.2, 0.25) is 0 Å². The van der Waals surface area contributed by atoms with Gasteiger partial charge in [-0.2, -0.15) is 0 Å². The fraction of sp³-hybridized carbons (Fsp3) is 0.526. The Kier molecular flexibility index (Phi) is 4.09. The van der Waals surface area contributed by atoms with Crippen LogP contribution in [0.1, 0.15) is 37.8 Å². The first kappa shape index (κ1) is 14.2. The quantitative estimate of drug-likeness (QED) is 0.917. The summed E-state index contributed by atoms with van der Waals surface area (Å²) in [6.45, 7) is 3.29. The lowest BCUT2D eigenvalue weighted by Gasteiger charge is -2.38. The molecule has 1 N–H and O–H groups in total. The molecule has 2 heterocycles. The zero-order chi connectivity index (χ0) is 14.8. The van der Waals surface area contributed by atoms with Crippen LogP contribution < -0.4 is 5.32 Å². The molecule has 1 aromatic heterocycles. The Bertz CT molecular complexity index is 635. The van der Waals surface area contributed by atoms with Crippen LogP contribution in [0.2, 0.25) is 0 Å². The molecule has 2 aliphatic rings. The summed E-state index contributed by atoms with van der Waals surface area (Å²) in [4.78, 5) is 7.33. The third kappa shape index (κ3) is 2.88. The number of rotatable bonds is 5. The highest BCUT2D eigenvalue weighted by molar-refractivity contribution is 5.81. The van der Waals surface area contributed by atoms with Crippen LogP contribution in [-0.2, 0) is 6.54 Å². The van der Waals surface area contributed by atoms with E-state index in [1.165, 1.54) is 49.4 Å². The summed E-state index contributed by atoms with van der Waals surface area (Å²) in [5.41, 5.74) is 1.15. The highest BCUT2D eigenvalue weighted by Gasteiger charge is 2.33. The molecule has 1 saturated heterocycles. The highest BCUT2D eigenvalue weighted by Crippen LogP contribution is 2.31. The molecule has 4 rings (SSSR count). The number of hydrogen-bond donors (Lipinski definition) is 1. The predicted octanol–water partition coefficient (Wildman–Crippen LogP) is 3.34. The number of benzene rings is 1. The molecule has 3 nitrogen and oxygen atoms in total. The molecule has 0 spiro atoms. The average molecular weight is 295 g/mol. The van der Waals surface area contributed by atoms with Crippen molar-refractivity contribution in [2.75, 3.05) is 13.1 Å². The summed E-state index contributed by atoms with van der Waals surface area (Å²) in [5.74, 6) is 0. The summed E-state index contributed by atoms with van der Waals surface area (Å²) in [6.07, 6.45) is 8.99. The predicted molar refractivity (Wildman–Crippen MR) is 90.8 cm³/mol. The molecule has 0 bridgehead atoms. The van der Waals surface area contributed by atoms with Crippen molar-refractivity contribution in [3.8, 4) is 0 Å². The number of nitrogens with zero attached hydrogens (tertiary/aromatic N) is 2. The molecule has 1 saturated carbocycles. The molecule has 2 fully saturated rings. The molecule has 2 aromatic rings. The van der Waals surface area contributed by atoms with Gasteiger partial charge in [-0.05, 0) is 43.7 Å². The summed E-state index contributed by atoms with van der Waals surface area (Å²) in [7, 11) is 0. The van der Waals surface area contributed by atoms with Gasteiger partial charge < -0.3 is 5.32 Å². The number of aromatic nitrogens is 1. The fourth-order valence-corrected chi connectivity index (χ4v) is 3.87. The lowest BCUT2D eigenvalue weighted by Crippen LogP contribution is -2.46. The molecule has 0 unspecified atom stereocenters. The largest absolute Gasteiger partial charge is 0.310 e. The number of hydrogen-bond acceptors (Lipinski definition) is 3. The van der Waals surface area contributed by atoms with Gasteiger partial charge in [-0.25, -0.2) is 0 Å². The van der Waals surface area contributed by atoms with Gasteiger partial charge in [0.1, 0.15) is 0 Å². The average Bonchev–Trinajstić information content (AvgIpc) is 2.94. The number of likely N-dealkylation sites (tertiary alicyclic amines) is 1. The Hall–Kier alpha value is -1.45. The van der Waals surface area contributed by atoms with E-state index in [-0.39, 0.29) is 0 Å². The summed E-state index contributed by atoms with van der Waals surface area (Å²) in [5, 5.41) is 6.14. The summed E-state index contributed by atoms with van der Waals surface area (Å²) in [6, 6.07) is 12.3. The van der Waals surface area contributed by atoms with Gasteiger partial charge in [0.25, 0.3) is 0 Å². The van der Waals surface area contributed by atoms with Crippen molar-refractivity contribution in [3.05, 3.63) is 42.2 Å². The number of fused-ring (bicyclic) bond motifs is 1. The van der Waals surface area contributed by atoms with Crippen LogP contribution in [0.5, 0.6) is 0 Å². The Morgan fingerprint density at radius 1 is 1.09 bits per heavy atom. The first-order valence-electron chi connectivity index (χ1n) is 8.70. The minimum atomic E-state index is 0.741. The Labute approximate surface area is 132 Å². The molecular formula is C19H25N3. The van der Waals surface area contributed by atoms with E-state index in [1.54, 1.807) is 0 Å². The lowest BCUT2D eigenvalue weighted by molar-refractivity contribution is 0.113. The molecule has 3 heteroatoms. The molecule has 0 radical (unpaired) electrons. The second kappa shape index (κ2) is 6.35. The van der Waals surface area contributed by atoms with Gasteiger partial charge in [-0.15, -0.1) is 0 Å². The van der Waals surface area contributed by atoms with Crippen LogP contribution in [0, 0.1) is 0 Å². The van der Waals surface area contributed by atoms with Crippen molar-refractivity contribution < 1.29 is 0 Å². The summed E-state index contributed by atoms with van der Waals surface area (Å²) < 4.78 is 0. The van der Waals surface area contributed by atoms with Gasteiger partial charge in [0, 0.05) is 36.8 Å². The van der Waals surface area contributed by atoms with Crippen LogP contribution in [0.15, 0.2) is 36.5 Å². The van der Waals surface area contributed by atoms with E-state index in [2.05, 4.69) is 45.5 Å². The molecule has 1 aliphatic heterocycles. The normalized spacial score (nSPS) is 23.0. The third-order valence-electron chi connectivity index (χ3n) is 5.34. The van der Waals surface area contributed by atoms with Crippen molar-refractivity contribution in [1.82, 2.24) is 15.2 Å².